The number of piperidine rings is 1. The monoisotopic (exact) mass is 409 g/mol. The summed E-state index contributed by atoms with van der Waals surface area (Å²) in [6.07, 6.45) is 3.08. The molecular weight excluding hydrogens is 382 g/mol. The molecule has 1 saturated heterocycles. The van der Waals surface area contributed by atoms with Crippen LogP contribution in [0.4, 0.5) is 0 Å². The second kappa shape index (κ2) is 7.78. The van der Waals surface area contributed by atoms with Gasteiger partial charge in [0.05, 0.1) is 5.69 Å². The number of nitrogens with zero attached hydrogens (tertiary/aromatic N) is 3. The summed E-state index contributed by atoms with van der Waals surface area (Å²) in [5, 5.41) is 4.57. The largest absolute Gasteiger partial charge is 0.482 e. The van der Waals surface area contributed by atoms with E-state index in [1.54, 1.807) is 10.7 Å². The number of fused-ring (bicyclic) bond motifs is 1. The molecule has 3 aliphatic rings. The Labute approximate surface area is 175 Å². The van der Waals surface area contributed by atoms with Gasteiger partial charge in [-0.3, -0.25) is 9.59 Å². The van der Waals surface area contributed by atoms with Gasteiger partial charge in [0.15, 0.2) is 11.5 Å². The zero-order valence-electron chi connectivity index (χ0n) is 17.2. The van der Waals surface area contributed by atoms with Crippen LogP contribution in [-0.4, -0.2) is 45.9 Å². The van der Waals surface area contributed by atoms with Gasteiger partial charge < -0.3 is 14.4 Å². The molecule has 1 aromatic heterocycles. The Morgan fingerprint density at radius 3 is 2.43 bits per heavy atom. The van der Waals surface area contributed by atoms with Gasteiger partial charge in [0.1, 0.15) is 6.10 Å². The minimum atomic E-state index is -0.629. The van der Waals surface area contributed by atoms with Crippen LogP contribution in [0.1, 0.15) is 44.2 Å². The Balaban J connectivity index is 1.20. The fraction of sp³-hybridized carbons (Fsp3) is 0.522. The van der Waals surface area contributed by atoms with Crippen LogP contribution in [0.15, 0.2) is 41.2 Å². The van der Waals surface area contributed by atoms with Gasteiger partial charge in [0.25, 0.3) is 11.5 Å². The van der Waals surface area contributed by atoms with Gasteiger partial charge in [-0.1, -0.05) is 12.1 Å². The van der Waals surface area contributed by atoms with Crippen molar-refractivity contribution < 1.29 is 14.3 Å². The quantitative estimate of drug-likeness (QED) is 0.776. The van der Waals surface area contributed by atoms with Crippen LogP contribution in [0.25, 0.3) is 0 Å². The van der Waals surface area contributed by atoms with Crippen molar-refractivity contribution in [3.8, 4) is 11.5 Å². The van der Waals surface area contributed by atoms with E-state index in [2.05, 4.69) is 5.10 Å². The molecule has 1 amide bonds. The van der Waals surface area contributed by atoms with E-state index in [4.69, 9.17) is 9.47 Å². The molecule has 1 aromatic carbocycles. The Kier molecular flexibility index (Phi) is 4.97. The second-order valence-corrected chi connectivity index (χ2v) is 8.63. The minimum absolute atomic E-state index is 0.0264. The highest BCUT2D eigenvalue weighted by atomic mass is 16.6. The van der Waals surface area contributed by atoms with Crippen molar-refractivity contribution in [3.63, 3.8) is 0 Å². The van der Waals surface area contributed by atoms with E-state index in [1.807, 2.05) is 42.2 Å². The number of ether oxygens (including phenoxy) is 2. The summed E-state index contributed by atoms with van der Waals surface area (Å²) >= 11 is 0. The smallest absolute Gasteiger partial charge is 0.267 e. The van der Waals surface area contributed by atoms with E-state index in [1.165, 1.54) is 12.8 Å². The number of rotatable bonds is 4. The zero-order valence-corrected chi connectivity index (χ0v) is 17.2. The highest BCUT2D eigenvalue weighted by molar-refractivity contribution is 5.82. The molecule has 5 rings (SSSR count). The molecule has 2 unspecified atom stereocenters. The fourth-order valence-corrected chi connectivity index (χ4v) is 4.34. The Morgan fingerprint density at radius 1 is 1.03 bits per heavy atom. The molecule has 2 aromatic rings. The van der Waals surface area contributed by atoms with Gasteiger partial charge in [0.2, 0.25) is 6.10 Å². The lowest BCUT2D eigenvalue weighted by Gasteiger charge is -2.37. The number of benzene rings is 1. The highest BCUT2D eigenvalue weighted by Gasteiger charge is 2.38. The van der Waals surface area contributed by atoms with E-state index >= 15 is 0 Å². The average Bonchev–Trinajstić information content (AvgIpc) is 3.60. The number of hydrogen-bond donors (Lipinski definition) is 0. The van der Waals surface area contributed by atoms with Crippen molar-refractivity contribution in [1.82, 2.24) is 14.7 Å². The van der Waals surface area contributed by atoms with Crippen molar-refractivity contribution >= 4 is 5.91 Å². The molecule has 0 N–H and O–H groups in total. The van der Waals surface area contributed by atoms with Gasteiger partial charge in [-0.2, -0.15) is 5.10 Å². The molecule has 2 fully saturated rings. The van der Waals surface area contributed by atoms with Gasteiger partial charge in [-0.15, -0.1) is 0 Å². The Morgan fingerprint density at radius 2 is 1.73 bits per heavy atom. The normalized spacial score (nSPS) is 24.0. The molecular formula is C23H27N3O4. The van der Waals surface area contributed by atoms with Crippen molar-refractivity contribution in [2.45, 2.75) is 57.3 Å². The maximum absolute atomic E-state index is 13.1. The molecule has 2 aliphatic heterocycles. The van der Waals surface area contributed by atoms with Crippen LogP contribution in [-0.2, 0) is 11.3 Å². The van der Waals surface area contributed by atoms with Crippen LogP contribution >= 0.6 is 0 Å². The molecule has 7 nitrogen and oxygen atoms in total. The maximum Gasteiger partial charge on any atom is 0.267 e. The van der Waals surface area contributed by atoms with Crippen LogP contribution < -0.4 is 15.0 Å². The summed E-state index contributed by atoms with van der Waals surface area (Å²) in [4.78, 5) is 27.1. The van der Waals surface area contributed by atoms with Crippen molar-refractivity contribution in [2.75, 3.05) is 13.1 Å². The third kappa shape index (κ3) is 3.80. The summed E-state index contributed by atoms with van der Waals surface area (Å²) in [6.45, 7) is 3.81. The first-order chi connectivity index (χ1) is 14.6. The molecule has 1 aliphatic carbocycles. The third-order valence-electron chi connectivity index (χ3n) is 6.33. The predicted molar refractivity (Wildman–Crippen MR) is 111 cm³/mol. The van der Waals surface area contributed by atoms with Gasteiger partial charge >= 0.3 is 0 Å². The van der Waals surface area contributed by atoms with Crippen LogP contribution in [0, 0.1) is 5.92 Å². The number of likely N-dealkylation sites (tertiary alicyclic amines) is 1. The number of aromatic nitrogens is 2. The summed E-state index contributed by atoms with van der Waals surface area (Å²) < 4.78 is 13.5. The number of hydrogen-bond acceptors (Lipinski definition) is 5. The first-order valence-electron chi connectivity index (χ1n) is 10.9. The molecule has 7 heteroatoms. The predicted octanol–water partition coefficient (Wildman–Crippen LogP) is 2.59. The number of para-hydroxylation sites is 2. The zero-order chi connectivity index (χ0) is 20.7. The maximum atomic E-state index is 13.1. The van der Waals surface area contributed by atoms with Crippen LogP contribution in [0.5, 0.6) is 11.5 Å². The molecule has 0 spiro atoms. The van der Waals surface area contributed by atoms with Crippen molar-refractivity contribution in [2.24, 2.45) is 5.92 Å². The highest BCUT2D eigenvalue weighted by Crippen LogP contribution is 2.38. The summed E-state index contributed by atoms with van der Waals surface area (Å²) in [6, 6.07) is 10.9. The van der Waals surface area contributed by atoms with E-state index in [9.17, 15) is 9.59 Å². The number of carbonyl (C=O) groups excluding carboxylic acids is 1. The lowest BCUT2D eigenvalue weighted by atomic mass is 9.96. The number of carbonyl (C=O) groups is 1. The standard InChI is InChI=1S/C23H27N3O4/c1-15-22(30-20-5-3-2-4-19(20)29-15)23(28)25-12-10-16(11-13-25)14-26-21(27)9-8-18(24-26)17-6-7-17/h2-5,8-9,15-17,22H,6-7,10-14H2,1H3. The van der Waals surface area contributed by atoms with Crippen molar-refractivity contribution in [1.29, 1.82) is 0 Å². The molecule has 0 radical (unpaired) electrons. The lowest BCUT2D eigenvalue weighted by Crippen LogP contribution is -2.52. The summed E-state index contributed by atoms with van der Waals surface area (Å²) in [7, 11) is 0. The fourth-order valence-electron chi connectivity index (χ4n) is 4.34. The Hall–Kier alpha value is -2.83. The first kappa shape index (κ1) is 19.2. The third-order valence-corrected chi connectivity index (χ3v) is 6.33. The molecule has 3 heterocycles. The number of amides is 1. The Bertz CT molecular complexity index is 992. The van der Waals surface area contributed by atoms with E-state index in [-0.39, 0.29) is 17.6 Å². The van der Waals surface area contributed by atoms with Gasteiger partial charge in [0, 0.05) is 31.6 Å². The molecule has 30 heavy (non-hydrogen) atoms. The molecule has 158 valence electrons. The van der Waals surface area contributed by atoms with E-state index in [0.717, 1.165) is 18.5 Å². The summed E-state index contributed by atoms with van der Waals surface area (Å²) in [5.74, 6) is 2.14. The van der Waals surface area contributed by atoms with E-state index < -0.39 is 6.10 Å². The second-order valence-electron chi connectivity index (χ2n) is 8.63. The molecule has 2 atom stereocenters. The van der Waals surface area contributed by atoms with Gasteiger partial charge in [-0.25, -0.2) is 4.68 Å². The van der Waals surface area contributed by atoms with Gasteiger partial charge in [-0.05, 0) is 56.7 Å². The topological polar surface area (TPSA) is 73.7 Å². The molecule has 1 saturated carbocycles. The lowest BCUT2D eigenvalue weighted by molar-refractivity contribution is -0.145. The van der Waals surface area contributed by atoms with E-state index in [0.29, 0.717) is 43.0 Å². The SMILES string of the molecule is CC1Oc2ccccc2OC1C(=O)N1CCC(Cn2nc(C3CC3)ccc2=O)CC1. The van der Waals surface area contributed by atoms with Crippen LogP contribution in [0.3, 0.4) is 0 Å². The minimum Gasteiger partial charge on any atom is -0.482 e. The average molecular weight is 409 g/mol. The molecule has 0 bridgehead atoms. The van der Waals surface area contributed by atoms with Crippen LogP contribution in [0.2, 0.25) is 0 Å². The van der Waals surface area contributed by atoms with Crippen molar-refractivity contribution in [3.05, 3.63) is 52.4 Å². The summed E-state index contributed by atoms with van der Waals surface area (Å²) in [5.41, 5.74) is 0.990. The first-order valence-corrected chi connectivity index (χ1v) is 10.9.